The van der Waals surface area contributed by atoms with Gasteiger partial charge in [0.1, 0.15) is 5.02 Å². The third kappa shape index (κ3) is 3.11. The Bertz CT molecular complexity index is 401. The lowest BCUT2D eigenvalue weighted by Crippen LogP contribution is -2.30. The Morgan fingerprint density at radius 2 is 2.12 bits per heavy atom. The van der Waals surface area contributed by atoms with E-state index >= 15 is 0 Å². The molecule has 2 N–H and O–H groups in total. The second-order valence-electron chi connectivity index (χ2n) is 3.25. The van der Waals surface area contributed by atoms with Crippen molar-refractivity contribution in [2.75, 3.05) is 0 Å². The van der Waals surface area contributed by atoms with E-state index in [0.717, 1.165) is 6.07 Å². The zero-order valence-electron chi connectivity index (χ0n) is 8.07. The Morgan fingerprint density at radius 3 is 2.62 bits per heavy atom. The molecule has 16 heavy (non-hydrogen) atoms. The van der Waals surface area contributed by atoms with E-state index in [1.807, 2.05) is 0 Å². The van der Waals surface area contributed by atoms with Gasteiger partial charge in [0, 0.05) is 6.07 Å². The highest BCUT2D eigenvalue weighted by atomic mass is 35.5. The Kier molecular flexibility index (Phi) is 4.14. The van der Waals surface area contributed by atoms with Gasteiger partial charge in [-0.25, -0.2) is 8.78 Å². The number of nitro benzene ring substituents is 1. The molecule has 88 valence electrons. The molecule has 1 rings (SSSR count). The van der Waals surface area contributed by atoms with E-state index in [4.69, 9.17) is 17.3 Å². The molecule has 1 aromatic rings. The first-order valence-corrected chi connectivity index (χ1v) is 4.76. The van der Waals surface area contributed by atoms with Crippen LogP contribution in [0.4, 0.5) is 14.5 Å². The molecule has 0 aliphatic heterocycles. The van der Waals surface area contributed by atoms with Gasteiger partial charge in [-0.3, -0.25) is 10.1 Å². The van der Waals surface area contributed by atoms with Gasteiger partial charge < -0.3 is 5.73 Å². The highest BCUT2D eigenvalue weighted by Gasteiger charge is 2.18. The number of nitrogens with two attached hydrogens (primary N) is 1. The smallest absolute Gasteiger partial charge is 0.288 e. The zero-order chi connectivity index (χ0) is 12.3. The molecule has 0 radical (unpaired) electrons. The minimum absolute atomic E-state index is 0.0284. The highest BCUT2D eigenvalue weighted by molar-refractivity contribution is 6.32. The van der Waals surface area contributed by atoms with Crippen molar-refractivity contribution in [1.82, 2.24) is 0 Å². The number of hydrogen-bond donors (Lipinski definition) is 1. The summed E-state index contributed by atoms with van der Waals surface area (Å²) in [6.07, 6.45) is -2.79. The number of halogens is 3. The van der Waals surface area contributed by atoms with Gasteiger partial charge in [0.25, 0.3) is 12.1 Å². The third-order valence-corrected chi connectivity index (χ3v) is 2.32. The molecule has 0 spiro atoms. The first-order valence-electron chi connectivity index (χ1n) is 4.38. The van der Waals surface area contributed by atoms with Crippen LogP contribution in [0.1, 0.15) is 5.56 Å². The monoisotopic (exact) mass is 250 g/mol. The Morgan fingerprint density at radius 1 is 1.50 bits per heavy atom. The summed E-state index contributed by atoms with van der Waals surface area (Å²) in [7, 11) is 0. The molecular formula is C9H9ClF2N2O2. The Balaban J connectivity index is 2.91. The van der Waals surface area contributed by atoms with Crippen molar-refractivity contribution in [2.24, 2.45) is 5.73 Å². The second kappa shape index (κ2) is 5.18. The summed E-state index contributed by atoms with van der Waals surface area (Å²) in [4.78, 5) is 9.87. The molecule has 1 aromatic carbocycles. The molecular weight excluding hydrogens is 242 g/mol. The lowest BCUT2D eigenvalue weighted by molar-refractivity contribution is -0.384. The van der Waals surface area contributed by atoms with Gasteiger partial charge in [-0.2, -0.15) is 0 Å². The van der Waals surface area contributed by atoms with Gasteiger partial charge in [-0.05, 0) is 18.1 Å². The van der Waals surface area contributed by atoms with Crippen LogP contribution in [0.3, 0.4) is 0 Å². The van der Waals surface area contributed by atoms with E-state index in [0.29, 0.717) is 5.56 Å². The van der Waals surface area contributed by atoms with Crippen LogP contribution < -0.4 is 5.73 Å². The van der Waals surface area contributed by atoms with Gasteiger partial charge in [0.2, 0.25) is 0 Å². The Hall–Kier alpha value is -1.27. The van der Waals surface area contributed by atoms with E-state index < -0.39 is 17.4 Å². The lowest BCUT2D eigenvalue weighted by Gasteiger charge is -2.10. The van der Waals surface area contributed by atoms with E-state index in [9.17, 15) is 18.9 Å². The van der Waals surface area contributed by atoms with Crippen LogP contribution >= 0.6 is 11.6 Å². The molecule has 1 unspecified atom stereocenters. The van der Waals surface area contributed by atoms with Crippen molar-refractivity contribution >= 4 is 17.3 Å². The maximum atomic E-state index is 12.2. The molecule has 0 aromatic heterocycles. The van der Waals surface area contributed by atoms with Crippen molar-refractivity contribution in [3.63, 3.8) is 0 Å². The summed E-state index contributed by atoms with van der Waals surface area (Å²) in [6, 6.07) is 2.57. The normalized spacial score (nSPS) is 12.8. The molecule has 0 fully saturated rings. The number of rotatable bonds is 4. The molecule has 0 saturated carbocycles. The van der Waals surface area contributed by atoms with Gasteiger partial charge in [-0.1, -0.05) is 17.7 Å². The minimum atomic E-state index is -2.66. The molecule has 0 bridgehead atoms. The first-order chi connectivity index (χ1) is 7.41. The standard InChI is InChI=1S/C9H9ClF2N2O2/c10-6-2-1-5(3-7(13)9(11)12)4-8(6)14(15)16/h1-2,4,7,9H,3,13H2. The number of nitrogens with zero attached hydrogens (tertiary/aromatic N) is 1. The molecule has 0 heterocycles. The molecule has 1 atom stereocenters. The number of alkyl halides is 2. The van der Waals surface area contributed by atoms with Crippen molar-refractivity contribution in [2.45, 2.75) is 18.9 Å². The van der Waals surface area contributed by atoms with Crippen molar-refractivity contribution in [3.05, 3.63) is 38.9 Å². The molecule has 0 aliphatic rings. The zero-order valence-corrected chi connectivity index (χ0v) is 8.82. The van der Waals surface area contributed by atoms with Crippen LogP contribution in [0.2, 0.25) is 5.02 Å². The predicted molar refractivity (Wildman–Crippen MR) is 55.8 cm³/mol. The highest BCUT2D eigenvalue weighted by Crippen LogP contribution is 2.25. The van der Waals surface area contributed by atoms with Crippen molar-refractivity contribution in [3.8, 4) is 0 Å². The van der Waals surface area contributed by atoms with Crippen molar-refractivity contribution < 1.29 is 13.7 Å². The molecule has 0 amide bonds. The molecule has 4 nitrogen and oxygen atoms in total. The van der Waals surface area contributed by atoms with Crippen LogP contribution in [0.15, 0.2) is 18.2 Å². The summed E-state index contributed by atoms with van der Waals surface area (Å²) in [6.45, 7) is 0. The largest absolute Gasteiger partial charge is 0.323 e. The van der Waals surface area contributed by atoms with Crippen LogP contribution in [0.5, 0.6) is 0 Å². The SMILES string of the molecule is NC(Cc1ccc(Cl)c([N+](=O)[O-])c1)C(F)F. The van der Waals surface area contributed by atoms with E-state index in [2.05, 4.69) is 0 Å². The summed E-state index contributed by atoms with van der Waals surface area (Å²) in [5.74, 6) is 0. The summed E-state index contributed by atoms with van der Waals surface area (Å²) in [5, 5.41) is 10.5. The molecule has 0 saturated heterocycles. The van der Waals surface area contributed by atoms with Crippen LogP contribution in [-0.2, 0) is 6.42 Å². The number of benzene rings is 1. The predicted octanol–water partition coefficient (Wildman–Crippen LogP) is 2.38. The molecule has 7 heteroatoms. The molecule has 0 aliphatic carbocycles. The number of nitro groups is 1. The first kappa shape index (κ1) is 12.8. The Labute approximate surface area is 95.2 Å². The van der Waals surface area contributed by atoms with Gasteiger partial charge >= 0.3 is 0 Å². The third-order valence-electron chi connectivity index (χ3n) is 2.00. The fourth-order valence-corrected chi connectivity index (χ4v) is 1.37. The van der Waals surface area contributed by atoms with Gasteiger partial charge in [0.15, 0.2) is 0 Å². The van der Waals surface area contributed by atoms with E-state index in [1.54, 1.807) is 0 Å². The fourth-order valence-electron chi connectivity index (χ4n) is 1.19. The van der Waals surface area contributed by atoms with Gasteiger partial charge in [0.05, 0.1) is 11.0 Å². The maximum absolute atomic E-state index is 12.2. The summed E-state index contributed by atoms with van der Waals surface area (Å²) < 4.78 is 24.3. The fraction of sp³-hybridized carbons (Fsp3) is 0.333. The maximum Gasteiger partial charge on any atom is 0.288 e. The van der Waals surface area contributed by atoms with Crippen molar-refractivity contribution in [1.29, 1.82) is 0 Å². The topological polar surface area (TPSA) is 69.2 Å². The van der Waals surface area contributed by atoms with Crippen LogP contribution in [0.25, 0.3) is 0 Å². The average Bonchev–Trinajstić information content (AvgIpc) is 2.20. The summed E-state index contributed by atoms with van der Waals surface area (Å²) >= 11 is 5.57. The lowest BCUT2D eigenvalue weighted by atomic mass is 10.1. The quantitative estimate of drug-likeness (QED) is 0.659. The van der Waals surface area contributed by atoms with E-state index in [1.165, 1.54) is 12.1 Å². The second-order valence-corrected chi connectivity index (χ2v) is 3.65. The average molecular weight is 251 g/mol. The van der Waals surface area contributed by atoms with Crippen LogP contribution in [-0.4, -0.2) is 17.4 Å². The van der Waals surface area contributed by atoms with E-state index in [-0.39, 0.29) is 17.1 Å². The summed E-state index contributed by atoms with van der Waals surface area (Å²) in [5.41, 5.74) is 5.22. The minimum Gasteiger partial charge on any atom is -0.323 e. The van der Waals surface area contributed by atoms with Gasteiger partial charge in [-0.15, -0.1) is 0 Å². The van der Waals surface area contributed by atoms with Crippen LogP contribution in [0, 0.1) is 10.1 Å². The number of hydrogen-bond acceptors (Lipinski definition) is 3.